The molecule has 1 aromatic carbocycles. The van der Waals surface area contributed by atoms with Crippen LogP contribution in [0.1, 0.15) is 11.3 Å². The molecule has 2 N–H and O–H groups in total. The Morgan fingerprint density at radius 1 is 1.09 bits per heavy atom. The van der Waals surface area contributed by atoms with Crippen molar-refractivity contribution in [2.75, 3.05) is 20.2 Å². The molecule has 1 aliphatic heterocycles. The fourth-order valence-electron chi connectivity index (χ4n) is 2.90. The average molecular weight is 467 g/mol. The number of hydrazine groups is 2. The zero-order valence-electron chi connectivity index (χ0n) is 16.2. The maximum Gasteiger partial charge on any atom is 0.422 e. The fraction of sp³-hybridized carbons (Fsp3) is 0.333. The van der Waals surface area contributed by atoms with E-state index in [4.69, 9.17) is 0 Å². The fourth-order valence-corrected chi connectivity index (χ4v) is 2.90. The minimum absolute atomic E-state index is 0.331. The van der Waals surface area contributed by atoms with Crippen molar-refractivity contribution in [1.82, 2.24) is 20.6 Å². The van der Waals surface area contributed by atoms with Crippen LogP contribution in [0.2, 0.25) is 0 Å². The van der Waals surface area contributed by atoms with E-state index in [1.54, 1.807) is 0 Å². The van der Waals surface area contributed by atoms with Gasteiger partial charge >= 0.3 is 12.1 Å². The molecule has 0 spiro atoms. The van der Waals surface area contributed by atoms with Gasteiger partial charge in [-0.05, 0) is 24.3 Å². The SMILES string of the molecule is CN1NN=CN1CC(O)(c1ccc(F)cc1F)C(F)(F)c1ccc(OCC(F)(F)F)cn1. The average Bonchev–Trinajstić information content (AvgIpc) is 3.10. The van der Waals surface area contributed by atoms with Crippen LogP contribution in [-0.4, -0.2) is 52.9 Å². The summed E-state index contributed by atoms with van der Waals surface area (Å²) in [7, 11) is 1.37. The number of ether oxygens (including phenoxy) is 1. The maximum absolute atomic E-state index is 15.6. The number of alkyl halides is 5. The molecule has 3 rings (SSSR count). The van der Waals surface area contributed by atoms with Crippen molar-refractivity contribution in [3.8, 4) is 5.75 Å². The number of nitrogens with zero attached hydrogens (tertiary/aromatic N) is 4. The van der Waals surface area contributed by atoms with E-state index in [1.165, 1.54) is 7.05 Å². The molecule has 0 saturated carbocycles. The first-order valence-corrected chi connectivity index (χ1v) is 8.84. The molecule has 174 valence electrons. The van der Waals surface area contributed by atoms with E-state index in [0.29, 0.717) is 30.5 Å². The highest BCUT2D eigenvalue weighted by molar-refractivity contribution is 5.55. The predicted octanol–water partition coefficient (Wildman–Crippen LogP) is 2.89. The maximum atomic E-state index is 15.6. The van der Waals surface area contributed by atoms with Crippen LogP contribution in [0.3, 0.4) is 0 Å². The summed E-state index contributed by atoms with van der Waals surface area (Å²) in [5.41, 5.74) is -2.94. The van der Waals surface area contributed by atoms with E-state index >= 15 is 8.78 Å². The van der Waals surface area contributed by atoms with Gasteiger partial charge in [-0.15, -0.1) is 5.12 Å². The van der Waals surface area contributed by atoms with Crippen molar-refractivity contribution >= 4 is 6.34 Å². The molecule has 1 aliphatic rings. The molecular formula is C18H16F7N5O2. The number of hydrazone groups is 1. The summed E-state index contributed by atoms with van der Waals surface area (Å²) in [5.74, 6) is -7.24. The summed E-state index contributed by atoms with van der Waals surface area (Å²) < 4.78 is 100. The van der Waals surface area contributed by atoms with Gasteiger partial charge in [0.1, 0.15) is 29.4 Å². The number of hydrogen-bond acceptors (Lipinski definition) is 7. The summed E-state index contributed by atoms with van der Waals surface area (Å²) in [4.78, 5) is 3.40. The zero-order valence-corrected chi connectivity index (χ0v) is 16.2. The molecule has 1 aromatic heterocycles. The van der Waals surface area contributed by atoms with Crippen LogP contribution < -0.4 is 10.3 Å². The number of halogens is 7. The van der Waals surface area contributed by atoms with Crippen molar-refractivity contribution < 1.29 is 40.6 Å². The van der Waals surface area contributed by atoms with Crippen LogP contribution in [0.25, 0.3) is 0 Å². The number of pyridine rings is 1. The third-order valence-electron chi connectivity index (χ3n) is 4.53. The zero-order chi connectivity index (χ0) is 23.7. The second-order valence-corrected chi connectivity index (χ2v) is 6.81. The molecule has 0 radical (unpaired) electrons. The quantitative estimate of drug-likeness (QED) is 0.611. The Kier molecular flexibility index (Phi) is 6.20. The van der Waals surface area contributed by atoms with Crippen molar-refractivity contribution in [2.24, 2.45) is 5.10 Å². The minimum atomic E-state index is -4.65. The number of aliphatic hydroxyl groups is 1. The lowest BCUT2D eigenvalue weighted by Gasteiger charge is -2.39. The van der Waals surface area contributed by atoms with Gasteiger partial charge in [-0.3, -0.25) is 9.99 Å². The molecule has 1 unspecified atom stereocenters. The standard InChI is InChI=1S/C18H16F7N5O2/c1-29-28-27-10-30(29)8-16(31,13-4-2-11(19)6-14(13)20)18(24,25)15-5-3-12(7-26-15)32-9-17(21,22)23/h2-7,10,28,31H,8-9H2,1H3. The molecule has 0 saturated heterocycles. The van der Waals surface area contributed by atoms with E-state index in [9.17, 15) is 27.1 Å². The number of β-amino-alcohol motifs (C(OH)–C–C–N with tert-alkyl or cyclic N) is 1. The van der Waals surface area contributed by atoms with Gasteiger partial charge in [-0.1, -0.05) is 0 Å². The van der Waals surface area contributed by atoms with Crippen LogP contribution >= 0.6 is 0 Å². The molecule has 14 heteroatoms. The normalized spacial score (nSPS) is 16.7. The molecule has 32 heavy (non-hydrogen) atoms. The lowest BCUT2D eigenvalue weighted by atomic mass is 9.84. The Hall–Kier alpha value is -3.13. The smallest absolute Gasteiger partial charge is 0.422 e. The van der Waals surface area contributed by atoms with E-state index in [1.807, 2.05) is 0 Å². The summed E-state index contributed by atoms with van der Waals surface area (Å²) in [6, 6.07) is 3.13. The monoisotopic (exact) mass is 467 g/mol. The molecule has 0 aliphatic carbocycles. The summed E-state index contributed by atoms with van der Waals surface area (Å²) in [6.45, 7) is -2.62. The van der Waals surface area contributed by atoms with Gasteiger partial charge in [0.15, 0.2) is 12.2 Å². The first kappa shape index (κ1) is 23.5. The molecule has 0 fully saturated rings. The molecule has 2 aromatic rings. The largest absolute Gasteiger partial charge is 0.483 e. The van der Waals surface area contributed by atoms with Gasteiger partial charge in [0.2, 0.25) is 0 Å². The van der Waals surface area contributed by atoms with Crippen molar-refractivity contribution in [1.29, 1.82) is 0 Å². The van der Waals surface area contributed by atoms with Crippen molar-refractivity contribution in [3.05, 3.63) is 59.4 Å². The first-order valence-electron chi connectivity index (χ1n) is 8.84. The highest BCUT2D eigenvalue weighted by Gasteiger charge is 2.58. The number of nitrogens with one attached hydrogen (secondary N) is 1. The molecular weight excluding hydrogens is 451 g/mol. The number of aromatic nitrogens is 1. The van der Waals surface area contributed by atoms with E-state index in [-0.39, 0.29) is 0 Å². The third kappa shape index (κ3) is 4.70. The van der Waals surface area contributed by atoms with Crippen molar-refractivity contribution in [2.45, 2.75) is 17.7 Å². The number of rotatable bonds is 7. The van der Waals surface area contributed by atoms with Crippen LogP contribution in [0, 0.1) is 11.6 Å². The van der Waals surface area contributed by atoms with E-state index in [0.717, 1.165) is 22.5 Å². The topological polar surface area (TPSA) is 73.2 Å². The van der Waals surface area contributed by atoms with Crippen molar-refractivity contribution in [3.63, 3.8) is 0 Å². The highest BCUT2D eigenvalue weighted by atomic mass is 19.4. The van der Waals surface area contributed by atoms with Gasteiger partial charge in [0.25, 0.3) is 0 Å². The Labute approximate surface area is 176 Å². The molecule has 1 atom stereocenters. The Morgan fingerprint density at radius 3 is 2.34 bits per heavy atom. The Bertz CT molecular complexity index is 987. The summed E-state index contributed by atoms with van der Waals surface area (Å²) in [6.07, 6.45) is -2.99. The van der Waals surface area contributed by atoms with Gasteiger partial charge in [-0.2, -0.15) is 27.1 Å². The second kappa shape index (κ2) is 8.43. The van der Waals surface area contributed by atoms with Gasteiger partial charge in [0.05, 0.1) is 12.7 Å². The van der Waals surface area contributed by atoms with Crippen LogP contribution in [-0.2, 0) is 11.5 Å². The second-order valence-electron chi connectivity index (χ2n) is 6.81. The first-order chi connectivity index (χ1) is 14.8. The summed E-state index contributed by atoms with van der Waals surface area (Å²) in [5, 5.41) is 16.8. The number of hydrogen-bond donors (Lipinski definition) is 2. The minimum Gasteiger partial charge on any atom is -0.483 e. The lowest BCUT2D eigenvalue weighted by molar-refractivity contribution is -0.214. The number of benzene rings is 1. The van der Waals surface area contributed by atoms with E-state index < -0.39 is 59.5 Å². The van der Waals surface area contributed by atoms with Gasteiger partial charge in [-0.25, -0.2) is 14.3 Å². The molecule has 2 heterocycles. The van der Waals surface area contributed by atoms with Gasteiger partial charge in [0, 0.05) is 18.7 Å². The molecule has 7 nitrogen and oxygen atoms in total. The van der Waals surface area contributed by atoms with Crippen LogP contribution in [0.15, 0.2) is 41.6 Å². The highest BCUT2D eigenvalue weighted by Crippen LogP contribution is 2.46. The van der Waals surface area contributed by atoms with Gasteiger partial charge < -0.3 is 9.84 Å². The lowest BCUT2D eigenvalue weighted by Crippen LogP contribution is -2.55. The Balaban J connectivity index is 2.00. The third-order valence-corrected chi connectivity index (χ3v) is 4.53. The Morgan fingerprint density at radius 2 is 1.81 bits per heavy atom. The predicted molar refractivity (Wildman–Crippen MR) is 96.0 cm³/mol. The van der Waals surface area contributed by atoms with Crippen LogP contribution in [0.5, 0.6) is 5.75 Å². The summed E-state index contributed by atoms with van der Waals surface area (Å²) >= 11 is 0. The van der Waals surface area contributed by atoms with E-state index in [2.05, 4.69) is 20.4 Å². The molecule has 0 amide bonds. The van der Waals surface area contributed by atoms with Crippen LogP contribution in [0.4, 0.5) is 30.7 Å². The molecule has 0 bridgehead atoms.